The number of ether oxygens (including phenoxy) is 5. The first-order valence-corrected chi connectivity index (χ1v) is 14.3. The first kappa shape index (κ1) is 31.9. The highest BCUT2D eigenvalue weighted by molar-refractivity contribution is 7.24. The van der Waals surface area contributed by atoms with E-state index in [0.29, 0.717) is 30.3 Å². The molecule has 0 radical (unpaired) electrons. The molecule has 0 aliphatic carbocycles. The van der Waals surface area contributed by atoms with Crippen LogP contribution in [0, 0.1) is 11.8 Å². The molecule has 1 saturated heterocycles. The maximum absolute atomic E-state index is 12.7. The van der Waals surface area contributed by atoms with E-state index in [0.717, 1.165) is 12.8 Å². The summed E-state index contributed by atoms with van der Waals surface area (Å²) in [6, 6.07) is 0.0135. The van der Waals surface area contributed by atoms with Gasteiger partial charge in [-0.3, -0.25) is 4.57 Å². The zero-order valence-electron chi connectivity index (χ0n) is 24.4. The lowest BCUT2D eigenvalue weighted by atomic mass is 9.80. The Morgan fingerprint density at radius 3 is 2.49 bits per heavy atom. The quantitative estimate of drug-likeness (QED) is 0.166. The molecule has 0 spiro atoms. The first-order valence-electron chi connectivity index (χ1n) is 13.4. The van der Waals surface area contributed by atoms with Gasteiger partial charge in [-0.2, -0.15) is 0 Å². The Morgan fingerprint density at radius 2 is 1.95 bits per heavy atom. The third-order valence-corrected chi connectivity index (χ3v) is 8.33. The number of hydrogen-bond acceptors (Lipinski definition) is 8. The van der Waals surface area contributed by atoms with Crippen LogP contribution in [0.4, 0.5) is 0 Å². The molecule has 2 heterocycles. The second-order valence-corrected chi connectivity index (χ2v) is 12.3. The molecule has 8 nitrogen and oxygen atoms in total. The van der Waals surface area contributed by atoms with Crippen molar-refractivity contribution in [1.29, 1.82) is 0 Å². The summed E-state index contributed by atoms with van der Waals surface area (Å²) in [5.74, 6) is -1.08. The van der Waals surface area contributed by atoms with E-state index in [-0.39, 0.29) is 20.6 Å². The zero-order chi connectivity index (χ0) is 28.1. The summed E-state index contributed by atoms with van der Waals surface area (Å²) >= 11 is 0. The lowest BCUT2D eigenvalue weighted by Crippen LogP contribution is -2.57. The van der Waals surface area contributed by atoms with Gasteiger partial charge >= 0.3 is 5.97 Å². The molecule has 0 aromatic heterocycles. The van der Waals surface area contributed by atoms with Gasteiger partial charge in [-0.1, -0.05) is 33.3 Å². The third kappa shape index (κ3) is 7.86. The topological polar surface area (TPSA) is 83.5 Å². The Bertz CT molecular complexity index is 844. The number of carbonyl (C=O) groups excluding carboxylic acids is 1. The van der Waals surface area contributed by atoms with Crippen LogP contribution in [0.1, 0.15) is 74.7 Å². The van der Waals surface area contributed by atoms with Crippen LogP contribution in [0.5, 0.6) is 0 Å². The molecular formula is C28H48NO7P. The lowest BCUT2D eigenvalue weighted by molar-refractivity contribution is -0.268. The van der Waals surface area contributed by atoms with Crippen molar-refractivity contribution < 1.29 is 33.0 Å². The molecule has 1 fully saturated rings. The average molecular weight is 542 g/mol. The van der Waals surface area contributed by atoms with Crippen LogP contribution in [0.15, 0.2) is 24.0 Å². The lowest BCUT2D eigenvalue weighted by Gasteiger charge is -2.48. The van der Waals surface area contributed by atoms with Crippen LogP contribution in [0.3, 0.4) is 0 Å². The van der Waals surface area contributed by atoms with E-state index in [4.69, 9.17) is 23.7 Å². The highest BCUT2D eigenvalue weighted by Crippen LogP contribution is 2.42. The molecule has 9 heteroatoms. The molecule has 0 aromatic rings. The summed E-state index contributed by atoms with van der Waals surface area (Å²) in [5.41, 5.74) is -0.776. The Kier molecular flexibility index (Phi) is 11.4. The minimum Gasteiger partial charge on any atom is -0.456 e. The smallest absolute Gasteiger partial charge is 0.340 e. The summed E-state index contributed by atoms with van der Waals surface area (Å²) in [7, 11) is 3.92. The van der Waals surface area contributed by atoms with Crippen LogP contribution in [-0.2, 0) is 33.0 Å². The van der Waals surface area contributed by atoms with E-state index in [1.807, 2.05) is 34.9 Å². The van der Waals surface area contributed by atoms with Gasteiger partial charge in [0, 0.05) is 25.8 Å². The number of rotatable bonds is 13. The molecule has 2 aliphatic heterocycles. The molecule has 2 rings (SSSR count). The monoisotopic (exact) mass is 541 g/mol. The first-order chi connectivity index (χ1) is 17.2. The summed E-state index contributed by atoms with van der Waals surface area (Å²) in [6.07, 6.45) is 2.73. The predicted molar refractivity (Wildman–Crippen MR) is 144 cm³/mol. The van der Waals surface area contributed by atoms with E-state index >= 15 is 0 Å². The van der Waals surface area contributed by atoms with Gasteiger partial charge in [0.05, 0.1) is 30.0 Å². The fraction of sp³-hybridized carbons (Fsp3) is 0.821. The fourth-order valence-corrected chi connectivity index (χ4v) is 6.16. The molecule has 0 bridgehead atoms. The second kappa shape index (κ2) is 13.2. The number of esters is 1. The SMILES string of the molecule is C=CCO[C@](C)(C[C@@H](C)CC)[C@H](O[C@@H]1O[C@H](C)CC(N(C)C)[C@H]1P=O)[C@@H](C)C1=C(C)C(=O)OC(C)(C)O1. The maximum Gasteiger partial charge on any atom is 0.340 e. The molecular weight excluding hydrogens is 493 g/mol. The minimum absolute atomic E-state index is 0.0135. The van der Waals surface area contributed by atoms with E-state index in [1.54, 1.807) is 26.8 Å². The fourth-order valence-electron chi connectivity index (χ4n) is 5.39. The summed E-state index contributed by atoms with van der Waals surface area (Å²) in [6.45, 7) is 19.7. The van der Waals surface area contributed by atoms with E-state index in [1.165, 1.54) is 0 Å². The standard InChI is InChI=1S/C28H48NO7P/c1-12-14-32-28(9,16-17(3)13-2)24(19(5)22-20(6)25(30)36-27(7,8)35-22)34-26-23(37-31)21(29(10)11)15-18(4)33-26/h12,17-19,21,23-24,26H,1,13-16H2,2-11H3/t17-,18+,19-,21?,23+,24+,26-,28+/m0/s1. The Morgan fingerprint density at radius 1 is 1.30 bits per heavy atom. The summed E-state index contributed by atoms with van der Waals surface area (Å²) < 4.78 is 43.7. The van der Waals surface area contributed by atoms with Crippen LogP contribution >= 0.6 is 8.46 Å². The van der Waals surface area contributed by atoms with Gasteiger partial charge in [0.2, 0.25) is 5.79 Å². The van der Waals surface area contributed by atoms with Crippen molar-refractivity contribution in [2.45, 2.75) is 116 Å². The number of nitrogens with zero attached hydrogens (tertiary/aromatic N) is 1. The molecule has 212 valence electrons. The van der Waals surface area contributed by atoms with Crippen molar-refractivity contribution in [1.82, 2.24) is 4.90 Å². The largest absolute Gasteiger partial charge is 0.456 e. The molecule has 0 saturated carbocycles. The van der Waals surface area contributed by atoms with E-state index in [9.17, 15) is 9.36 Å². The van der Waals surface area contributed by atoms with Crippen LogP contribution in [-0.4, -0.2) is 73.2 Å². The van der Waals surface area contributed by atoms with Gasteiger partial charge in [-0.15, -0.1) is 6.58 Å². The van der Waals surface area contributed by atoms with Crippen LogP contribution in [0.25, 0.3) is 0 Å². The van der Waals surface area contributed by atoms with E-state index in [2.05, 4.69) is 25.3 Å². The van der Waals surface area contributed by atoms with Crippen molar-refractivity contribution in [2.24, 2.45) is 11.8 Å². The van der Waals surface area contributed by atoms with Crippen molar-refractivity contribution in [2.75, 3.05) is 20.7 Å². The number of carbonyl (C=O) groups is 1. The van der Waals surface area contributed by atoms with Crippen molar-refractivity contribution in [3.8, 4) is 0 Å². The minimum atomic E-state index is -1.11. The predicted octanol–water partition coefficient (Wildman–Crippen LogP) is 5.71. The van der Waals surface area contributed by atoms with Crippen LogP contribution in [0.2, 0.25) is 0 Å². The van der Waals surface area contributed by atoms with Gasteiger partial charge in [0.1, 0.15) is 11.4 Å². The highest BCUT2D eigenvalue weighted by Gasteiger charge is 2.49. The maximum atomic E-state index is 12.7. The molecule has 8 atom stereocenters. The molecule has 0 aromatic carbocycles. The van der Waals surface area contributed by atoms with E-state index < -0.39 is 41.3 Å². The average Bonchev–Trinajstić information content (AvgIpc) is 2.82. The molecule has 37 heavy (non-hydrogen) atoms. The third-order valence-electron chi connectivity index (χ3n) is 7.50. The zero-order valence-corrected chi connectivity index (χ0v) is 25.3. The van der Waals surface area contributed by atoms with Crippen molar-refractivity contribution in [3.63, 3.8) is 0 Å². The Balaban J connectivity index is 2.60. The van der Waals surface area contributed by atoms with Crippen LogP contribution < -0.4 is 0 Å². The normalized spacial score (nSPS) is 30.3. The van der Waals surface area contributed by atoms with Gasteiger partial charge in [-0.25, -0.2) is 4.79 Å². The van der Waals surface area contributed by atoms with Gasteiger partial charge in [0.15, 0.2) is 14.8 Å². The Labute approximate surface area is 225 Å². The van der Waals surface area contributed by atoms with Gasteiger partial charge in [0.25, 0.3) is 0 Å². The summed E-state index contributed by atoms with van der Waals surface area (Å²) in [5, 5.41) is 0. The van der Waals surface area contributed by atoms with Crippen molar-refractivity contribution in [3.05, 3.63) is 24.0 Å². The second-order valence-electron chi connectivity index (χ2n) is 11.5. The molecule has 0 amide bonds. The molecule has 2 aliphatic rings. The van der Waals surface area contributed by atoms with Crippen molar-refractivity contribution >= 4 is 14.4 Å². The Hall–Kier alpha value is -1.31. The number of hydrogen-bond donors (Lipinski definition) is 0. The number of cyclic esters (lactones) is 1. The summed E-state index contributed by atoms with van der Waals surface area (Å²) in [4.78, 5) is 14.8. The van der Waals surface area contributed by atoms with Gasteiger partial charge in [-0.05, 0) is 53.6 Å². The molecule has 1 unspecified atom stereocenters. The molecule has 0 N–H and O–H groups in total. The van der Waals surface area contributed by atoms with Gasteiger partial charge < -0.3 is 28.6 Å². The highest BCUT2D eigenvalue weighted by atomic mass is 31.1.